The van der Waals surface area contributed by atoms with Crippen LogP contribution in [0.3, 0.4) is 0 Å². The number of hydrogen-bond donors (Lipinski definition) is 3. The lowest BCUT2D eigenvalue weighted by Crippen LogP contribution is -2.61. The summed E-state index contributed by atoms with van der Waals surface area (Å²) in [5.74, 6) is -8.54. The predicted octanol–water partition coefficient (Wildman–Crippen LogP) is 2.89. The zero-order chi connectivity index (χ0) is 46.5. The van der Waals surface area contributed by atoms with Crippen LogP contribution in [0.4, 0.5) is 14.5 Å². The Kier molecular flexibility index (Phi) is 16.9. The minimum atomic E-state index is -1.68. The molecule has 342 valence electrons. The number of benzene rings is 2. The Balaban J connectivity index is 1.46. The monoisotopic (exact) mass is 891 g/mol. The van der Waals surface area contributed by atoms with Gasteiger partial charge in [0, 0.05) is 43.2 Å². The van der Waals surface area contributed by atoms with Crippen molar-refractivity contribution in [1.82, 2.24) is 30.7 Å². The van der Waals surface area contributed by atoms with Gasteiger partial charge in [-0.25, -0.2) is 18.4 Å². The fourth-order valence-electron chi connectivity index (χ4n) is 7.70. The van der Waals surface area contributed by atoms with E-state index in [1.54, 1.807) is 6.08 Å². The third-order valence-electron chi connectivity index (χ3n) is 11.1. The minimum absolute atomic E-state index is 0.00428. The first-order valence-electron chi connectivity index (χ1n) is 21.0. The Morgan fingerprint density at radius 1 is 0.984 bits per heavy atom. The second-order valence-corrected chi connectivity index (χ2v) is 15.7. The highest BCUT2D eigenvalue weighted by molar-refractivity contribution is 5.98. The summed E-state index contributed by atoms with van der Waals surface area (Å²) >= 11 is 0. The lowest BCUT2D eigenvalue weighted by molar-refractivity contribution is -0.158. The molecule has 0 aliphatic carbocycles. The van der Waals surface area contributed by atoms with E-state index in [1.165, 1.54) is 49.2 Å². The summed E-state index contributed by atoms with van der Waals surface area (Å²) in [5.41, 5.74) is 8.96. The summed E-state index contributed by atoms with van der Waals surface area (Å²) in [6.45, 7) is 2.00. The quantitative estimate of drug-likeness (QED) is 0.0663. The molecule has 3 aliphatic heterocycles. The molecule has 3 N–H and O–H groups in total. The smallest absolute Gasteiger partial charge is 0.338 e. The van der Waals surface area contributed by atoms with Crippen LogP contribution < -0.4 is 16.0 Å². The number of allylic oxidation sites excluding steroid dienone is 1. The molecule has 21 heteroatoms. The van der Waals surface area contributed by atoms with E-state index in [9.17, 15) is 47.1 Å². The largest absolute Gasteiger partial charge is 0.461 e. The van der Waals surface area contributed by atoms with Crippen LogP contribution in [0.25, 0.3) is 10.4 Å². The molecule has 3 fully saturated rings. The van der Waals surface area contributed by atoms with Crippen molar-refractivity contribution < 1.29 is 56.6 Å². The number of unbranched alkanes of at least 4 members (excludes halogenated alkanes) is 2. The van der Waals surface area contributed by atoms with Crippen LogP contribution in [0, 0.1) is 11.6 Å². The van der Waals surface area contributed by atoms with Crippen LogP contribution >= 0.6 is 0 Å². The van der Waals surface area contributed by atoms with Gasteiger partial charge in [0.1, 0.15) is 61.1 Å². The molecule has 0 saturated carbocycles. The maximum Gasteiger partial charge on any atom is 0.338 e. The van der Waals surface area contributed by atoms with E-state index in [4.69, 9.17) is 15.0 Å². The molecule has 2 aromatic rings. The molecule has 0 unspecified atom stereocenters. The Labute approximate surface area is 367 Å². The summed E-state index contributed by atoms with van der Waals surface area (Å²) < 4.78 is 39.6. The zero-order valence-corrected chi connectivity index (χ0v) is 35.7. The van der Waals surface area contributed by atoms with Gasteiger partial charge in [0.2, 0.25) is 35.4 Å². The molecule has 0 aromatic heterocycles. The molecule has 0 radical (unpaired) electrons. The Morgan fingerprint density at radius 3 is 2.30 bits per heavy atom. The number of carbonyl (C=O) groups is 8. The van der Waals surface area contributed by atoms with Crippen molar-refractivity contribution in [3.63, 3.8) is 0 Å². The standard InChI is InChI=1S/C43H51F2N9O10/c1-4-5-6-7-12-36(55)48-31(21-26-19-28(44)22-29(45)20-26)37(56)49-32-23-63-43(62)34-11-9-18-54(34)39(58)25(2)47-38(57)35(52(3)41(60)33-10-8-17-53(33)40(32)59)24-64-42(61)27-13-15-30(16-14-27)50-51-46/h7,12-16,19-20,22,25,31-35H,4-6,8-11,17-18,21,23-24H2,1-3H3,(H,47,57)(H,48,55)(H,49,56)/t25-,31-,32-,33-,34-,35-/m0/s1. The highest BCUT2D eigenvalue weighted by Gasteiger charge is 2.44. The van der Waals surface area contributed by atoms with Crippen molar-refractivity contribution in [2.24, 2.45) is 5.11 Å². The summed E-state index contributed by atoms with van der Waals surface area (Å²) in [4.78, 5) is 117. The third-order valence-corrected chi connectivity index (χ3v) is 11.1. The summed E-state index contributed by atoms with van der Waals surface area (Å²) in [5, 5.41) is 11.1. The van der Waals surface area contributed by atoms with Crippen LogP contribution in [0.15, 0.2) is 59.7 Å². The number of halogens is 2. The number of esters is 2. The normalized spacial score (nSPS) is 22.5. The molecule has 6 amide bonds. The van der Waals surface area contributed by atoms with Crippen molar-refractivity contribution in [2.75, 3.05) is 33.4 Å². The van der Waals surface area contributed by atoms with Crippen molar-refractivity contribution in [3.05, 3.63) is 87.8 Å². The van der Waals surface area contributed by atoms with Crippen LogP contribution in [0.1, 0.15) is 74.7 Å². The second kappa shape index (κ2) is 22.5. The van der Waals surface area contributed by atoms with Crippen LogP contribution in [-0.2, 0) is 49.5 Å². The van der Waals surface area contributed by atoms with Gasteiger partial charge in [0.15, 0.2) is 0 Å². The van der Waals surface area contributed by atoms with E-state index >= 15 is 0 Å². The summed E-state index contributed by atoms with van der Waals surface area (Å²) in [7, 11) is 1.27. The van der Waals surface area contributed by atoms with Crippen molar-refractivity contribution in [1.29, 1.82) is 0 Å². The van der Waals surface area contributed by atoms with Gasteiger partial charge in [-0.2, -0.15) is 0 Å². The first-order valence-corrected chi connectivity index (χ1v) is 21.0. The zero-order valence-electron chi connectivity index (χ0n) is 35.7. The van der Waals surface area contributed by atoms with Gasteiger partial charge >= 0.3 is 11.9 Å². The van der Waals surface area contributed by atoms with E-state index < -0.39 is 115 Å². The maximum atomic E-state index is 14.5. The molecule has 3 saturated heterocycles. The highest BCUT2D eigenvalue weighted by atomic mass is 19.1. The number of nitrogens with zero attached hydrogens (tertiary/aromatic N) is 6. The summed E-state index contributed by atoms with van der Waals surface area (Å²) in [6.07, 6.45) is 5.57. The Hall–Kier alpha value is -6.89. The second-order valence-electron chi connectivity index (χ2n) is 15.7. The first-order chi connectivity index (χ1) is 30.6. The van der Waals surface area contributed by atoms with Gasteiger partial charge in [-0.1, -0.05) is 43.1 Å². The molecule has 0 bridgehead atoms. The van der Waals surface area contributed by atoms with E-state index in [1.807, 2.05) is 6.92 Å². The molecule has 0 spiro atoms. The SMILES string of the molecule is CCCCC=CC(=O)N[C@@H](Cc1cc(F)cc(F)c1)C(=O)N[C@H]1COC(=O)[C@@H]2CCCN2C(=O)[C@H](C)NC(=O)[C@H](COC(=O)c2ccc(N=[N+]=[N-])cc2)N(C)C(=O)[C@@H]2CCCN2C1=O. The lowest BCUT2D eigenvalue weighted by Gasteiger charge is -2.35. The van der Waals surface area contributed by atoms with Gasteiger partial charge in [0.05, 0.1) is 5.56 Å². The van der Waals surface area contributed by atoms with E-state index in [0.29, 0.717) is 25.3 Å². The number of ether oxygens (including phenoxy) is 2. The number of nitrogens with one attached hydrogen (secondary N) is 3. The average molecular weight is 892 g/mol. The van der Waals surface area contributed by atoms with E-state index in [2.05, 4.69) is 26.0 Å². The van der Waals surface area contributed by atoms with E-state index in [0.717, 1.165) is 34.8 Å². The molecule has 19 nitrogen and oxygen atoms in total. The highest BCUT2D eigenvalue weighted by Crippen LogP contribution is 2.24. The van der Waals surface area contributed by atoms with Crippen LogP contribution in [0.2, 0.25) is 0 Å². The third kappa shape index (κ3) is 12.4. The number of cyclic esters (lactones) is 1. The summed E-state index contributed by atoms with van der Waals surface area (Å²) in [6, 6.07) is -0.316. The fourth-order valence-corrected chi connectivity index (χ4v) is 7.70. The van der Waals surface area contributed by atoms with Gasteiger partial charge in [-0.05, 0) is 80.5 Å². The number of fused-ring (bicyclic) bond motifs is 2. The topological polar surface area (TPSA) is 250 Å². The van der Waals surface area contributed by atoms with E-state index in [-0.39, 0.29) is 42.7 Å². The molecule has 2 aromatic carbocycles. The lowest BCUT2D eigenvalue weighted by atomic mass is 10.0. The predicted molar refractivity (Wildman–Crippen MR) is 223 cm³/mol. The number of carbonyl (C=O) groups excluding carboxylic acids is 8. The molecular formula is C43H51F2N9O10. The van der Waals surface area contributed by atoms with Gasteiger partial charge in [-0.15, -0.1) is 0 Å². The molecule has 6 atom stereocenters. The number of hydrogen-bond acceptors (Lipinski definition) is 11. The minimum Gasteiger partial charge on any atom is -0.461 e. The number of rotatable bonds is 13. The number of amides is 6. The van der Waals surface area contributed by atoms with Crippen molar-refractivity contribution in [2.45, 2.75) is 101 Å². The fraction of sp³-hybridized carbons (Fsp3) is 0.488. The average Bonchev–Trinajstić information content (AvgIpc) is 3.96. The molecule has 3 heterocycles. The van der Waals surface area contributed by atoms with Gasteiger partial charge in [0.25, 0.3) is 0 Å². The molecule has 3 aliphatic rings. The Morgan fingerprint density at radius 2 is 1.64 bits per heavy atom. The Bertz CT molecular complexity index is 2160. The van der Waals surface area contributed by atoms with Crippen LogP contribution in [0.5, 0.6) is 0 Å². The van der Waals surface area contributed by atoms with Crippen molar-refractivity contribution in [3.8, 4) is 0 Å². The van der Waals surface area contributed by atoms with Gasteiger partial charge < -0.3 is 40.1 Å². The first kappa shape index (κ1) is 48.1. The van der Waals surface area contributed by atoms with Gasteiger partial charge in [-0.3, -0.25) is 28.8 Å². The van der Waals surface area contributed by atoms with Crippen LogP contribution in [-0.4, -0.2) is 132 Å². The van der Waals surface area contributed by atoms with Crippen molar-refractivity contribution >= 4 is 53.1 Å². The molecular weight excluding hydrogens is 841 g/mol. The number of azide groups is 1. The number of likely N-dealkylation sites (N-methyl/N-ethyl adjacent to an activating group) is 1. The molecule has 64 heavy (non-hydrogen) atoms. The molecule has 5 rings (SSSR count). The maximum absolute atomic E-state index is 14.5.